The van der Waals surface area contributed by atoms with Crippen LogP contribution >= 0.6 is 11.8 Å². The molecular formula is C23H25N3O3S. The molecule has 30 heavy (non-hydrogen) atoms. The molecule has 7 heteroatoms. The van der Waals surface area contributed by atoms with Crippen LogP contribution in [-0.4, -0.2) is 47.0 Å². The van der Waals surface area contributed by atoms with Crippen LogP contribution in [0.25, 0.3) is 11.5 Å². The minimum absolute atomic E-state index is 0.121. The second-order valence-corrected chi connectivity index (χ2v) is 8.30. The van der Waals surface area contributed by atoms with Gasteiger partial charge in [-0.25, -0.2) is 0 Å². The molecule has 1 amide bonds. The number of aromatic nitrogens is 2. The van der Waals surface area contributed by atoms with Crippen molar-refractivity contribution in [1.82, 2.24) is 15.1 Å². The lowest BCUT2D eigenvalue weighted by Gasteiger charge is -2.32. The number of amides is 1. The molecule has 156 valence electrons. The number of methoxy groups -OCH3 is 1. The summed E-state index contributed by atoms with van der Waals surface area (Å²) in [6.45, 7) is 1.63. The van der Waals surface area contributed by atoms with Gasteiger partial charge < -0.3 is 14.1 Å². The second kappa shape index (κ2) is 9.80. The summed E-state index contributed by atoms with van der Waals surface area (Å²) >= 11 is 1.28. The highest BCUT2D eigenvalue weighted by atomic mass is 32.2. The van der Waals surface area contributed by atoms with E-state index < -0.39 is 0 Å². The van der Waals surface area contributed by atoms with Crippen LogP contribution in [0.5, 0.6) is 5.75 Å². The number of nitrogens with zero attached hydrogens (tertiary/aromatic N) is 3. The molecule has 0 atom stereocenters. The SMILES string of the molecule is COc1ccccc1-c1nnc(SCC(=O)N2CCC(Cc3ccccc3)CC2)o1. The number of hydrogen-bond acceptors (Lipinski definition) is 6. The highest BCUT2D eigenvalue weighted by molar-refractivity contribution is 7.99. The number of carbonyl (C=O) groups excluding carboxylic acids is 1. The van der Waals surface area contributed by atoms with Gasteiger partial charge in [-0.1, -0.05) is 54.2 Å². The Morgan fingerprint density at radius 2 is 1.83 bits per heavy atom. The van der Waals surface area contributed by atoms with Crippen molar-refractivity contribution in [3.05, 3.63) is 60.2 Å². The summed E-state index contributed by atoms with van der Waals surface area (Å²) in [5.41, 5.74) is 2.12. The monoisotopic (exact) mass is 423 g/mol. The van der Waals surface area contributed by atoms with Crippen molar-refractivity contribution in [2.24, 2.45) is 5.92 Å². The van der Waals surface area contributed by atoms with E-state index in [1.807, 2.05) is 35.2 Å². The first-order valence-corrected chi connectivity index (χ1v) is 11.1. The third-order valence-electron chi connectivity index (χ3n) is 5.40. The molecule has 0 aliphatic carbocycles. The van der Waals surface area contributed by atoms with E-state index >= 15 is 0 Å². The average Bonchev–Trinajstić information content (AvgIpc) is 3.27. The molecule has 1 aliphatic heterocycles. The summed E-state index contributed by atoms with van der Waals surface area (Å²) in [7, 11) is 1.60. The van der Waals surface area contributed by atoms with Gasteiger partial charge in [0.05, 0.1) is 18.4 Å². The van der Waals surface area contributed by atoms with E-state index in [9.17, 15) is 4.79 Å². The number of thioether (sulfide) groups is 1. The largest absolute Gasteiger partial charge is 0.496 e. The van der Waals surface area contributed by atoms with Gasteiger partial charge in [0.1, 0.15) is 5.75 Å². The minimum atomic E-state index is 0.121. The molecule has 1 saturated heterocycles. The Kier molecular flexibility index (Phi) is 6.69. The molecule has 0 radical (unpaired) electrons. The minimum Gasteiger partial charge on any atom is -0.496 e. The van der Waals surface area contributed by atoms with Crippen LogP contribution in [0.3, 0.4) is 0 Å². The van der Waals surface area contributed by atoms with E-state index in [1.54, 1.807) is 7.11 Å². The van der Waals surface area contributed by atoms with E-state index in [-0.39, 0.29) is 5.91 Å². The van der Waals surface area contributed by atoms with Gasteiger partial charge in [0.15, 0.2) is 0 Å². The lowest BCUT2D eigenvalue weighted by Crippen LogP contribution is -2.39. The Hall–Kier alpha value is -2.80. The zero-order valence-electron chi connectivity index (χ0n) is 17.0. The van der Waals surface area contributed by atoms with E-state index in [4.69, 9.17) is 9.15 Å². The van der Waals surface area contributed by atoms with Crippen molar-refractivity contribution in [2.75, 3.05) is 26.0 Å². The van der Waals surface area contributed by atoms with Crippen LogP contribution in [0.15, 0.2) is 64.2 Å². The quantitative estimate of drug-likeness (QED) is 0.527. The first kappa shape index (κ1) is 20.5. The average molecular weight is 424 g/mol. The van der Waals surface area contributed by atoms with Gasteiger partial charge in [-0.15, -0.1) is 10.2 Å². The fourth-order valence-electron chi connectivity index (χ4n) is 3.75. The first-order chi connectivity index (χ1) is 14.7. The number of carbonyl (C=O) groups is 1. The predicted octanol–water partition coefficient (Wildman–Crippen LogP) is 4.32. The Labute approximate surface area is 180 Å². The summed E-state index contributed by atoms with van der Waals surface area (Å²) in [5, 5.41) is 8.55. The highest BCUT2D eigenvalue weighted by Crippen LogP contribution is 2.30. The molecule has 1 aromatic heterocycles. The summed E-state index contributed by atoms with van der Waals surface area (Å²) < 4.78 is 11.1. The maximum Gasteiger partial charge on any atom is 0.277 e. The molecule has 1 aliphatic rings. The van der Waals surface area contributed by atoms with E-state index in [0.29, 0.717) is 28.5 Å². The fourth-order valence-corrected chi connectivity index (χ4v) is 4.41. The van der Waals surface area contributed by atoms with Gasteiger partial charge in [-0.05, 0) is 42.9 Å². The highest BCUT2D eigenvalue weighted by Gasteiger charge is 2.23. The number of para-hydroxylation sites is 1. The number of benzene rings is 2. The van der Waals surface area contributed by atoms with Crippen LogP contribution in [0.4, 0.5) is 0 Å². The molecule has 2 heterocycles. The van der Waals surface area contributed by atoms with Crippen molar-refractivity contribution >= 4 is 17.7 Å². The van der Waals surface area contributed by atoms with E-state index in [0.717, 1.165) is 37.9 Å². The van der Waals surface area contributed by atoms with Crippen LogP contribution in [0, 0.1) is 5.92 Å². The number of rotatable bonds is 7. The third-order valence-corrected chi connectivity index (χ3v) is 6.20. The van der Waals surface area contributed by atoms with Gasteiger partial charge >= 0.3 is 0 Å². The Balaban J connectivity index is 1.26. The molecular weight excluding hydrogens is 398 g/mol. The molecule has 0 bridgehead atoms. The summed E-state index contributed by atoms with van der Waals surface area (Å²) in [6.07, 6.45) is 3.18. The zero-order valence-corrected chi connectivity index (χ0v) is 17.8. The molecule has 0 unspecified atom stereocenters. The van der Waals surface area contributed by atoms with Gasteiger partial charge in [-0.3, -0.25) is 4.79 Å². The van der Waals surface area contributed by atoms with Crippen LogP contribution in [0.2, 0.25) is 0 Å². The molecule has 0 spiro atoms. The number of likely N-dealkylation sites (tertiary alicyclic amines) is 1. The second-order valence-electron chi connectivity index (χ2n) is 7.38. The first-order valence-electron chi connectivity index (χ1n) is 10.1. The third kappa shape index (κ3) is 5.02. The van der Waals surface area contributed by atoms with Gasteiger partial charge in [0.2, 0.25) is 5.91 Å². The zero-order chi connectivity index (χ0) is 20.8. The van der Waals surface area contributed by atoms with Crippen molar-refractivity contribution in [3.8, 4) is 17.2 Å². The normalized spacial score (nSPS) is 14.6. The van der Waals surface area contributed by atoms with Crippen molar-refractivity contribution in [3.63, 3.8) is 0 Å². The summed E-state index contributed by atoms with van der Waals surface area (Å²) in [5.74, 6) is 2.13. The van der Waals surface area contributed by atoms with Crippen LogP contribution in [-0.2, 0) is 11.2 Å². The Morgan fingerprint density at radius 1 is 1.10 bits per heavy atom. The maximum atomic E-state index is 12.6. The molecule has 0 N–H and O–H groups in total. The Morgan fingerprint density at radius 3 is 2.60 bits per heavy atom. The van der Waals surface area contributed by atoms with Crippen molar-refractivity contribution in [2.45, 2.75) is 24.5 Å². The standard InChI is InChI=1S/C23H25N3O3S/c1-28-20-10-6-5-9-19(20)22-24-25-23(29-22)30-16-21(27)26-13-11-18(12-14-26)15-17-7-3-2-4-8-17/h2-10,18H,11-16H2,1H3. The maximum absolute atomic E-state index is 12.6. The topological polar surface area (TPSA) is 68.5 Å². The summed E-state index contributed by atoms with van der Waals surface area (Å²) in [6, 6.07) is 18.1. The predicted molar refractivity (Wildman–Crippen MR) is 116 cm³/mol. The number of hydrogen-bond donors (Lipinski definition) is 0. The molecule has 1 fully saturated rings. The van der Waals surface area contributed by atoms with Gasteiger partial charge in [0.25, 0.3) is 11.1 Å². The Bertz CT molecular complexity index is 969. The molecule has 3 aromatic rings. The lowest BCUT2D eigenvalue weighted by atomic mass is 9.90. The smallest absolute Gasteiger partial charge is 0.277 e. The van der Waals surface area contributed by atoms with Crippen LogP contribution < -0.4 is 4.74 Å². The summed E-state index contributed by atoms with van der Waals surface area (Å²) in [4.78, 5) is 14.6. The molecule has 2 aromatic carbocycles. The van der Waals surface area contributed by atoms with Crippen molar-refractivity contribution < 1.29 is 13.9 Å². The van der Waals surface area contributed by atoms with E-state index in [1.165, 1.54) is 17.3 Å². The lowest BCUT2D eigenvalue weighted by molar-refractivity contribution is -0.129. The van der Waals surface area contributed by atoms with Gasteiger partial charge in [-0.2, -0.15) is 0 Å². The van der Waals surface area contributed by atoms with Crippen molar-refractivity contribution in [1.29, 1.82) is 0 Å². The van der Waals surface area contributed by atoms with E-state index in [2.05, 4.69) is 34.5 Å². The fraction of sp³-hybridized carbons (Fsp3) is 0.348. The van der Waals surface area contributed by atoms with Crippen LogP contribution in [0.1, 0.15) is 18.4 Å². The number of ether oxygens (including phenoxy) is 1. The van der Waals surface area contributed by atoms with Gasteiger partial charge in [0, 0.05) is 13.1 Å². The number of piperidine rings is 1. The molecule has 4 rings (SSSR count). The molecule has 0 saturated carbocycles. The molecule has 6 nitrogen and oxygen atoms in total.